The normalized spacial score (nSPS) is 11.5. The maximum atomic E-state index is 12.6. The number of methoxy groups -OCH3 is 2. The van der Waals surface area contributed by atoms with E-state index in [-0.39, 0.29) is 11.9 Å². The van der Waals surface area contributed by atoms with Crippen LogP contribution < -0.4 is 19.5 Å². The summed E-state index contributed by atoms with van der Waals surface area (Å²) in [6.07, 6.45) is 0. The van der Waals surface area contributed by atoms with Gasteiger partial charge in [0.15, 0.2) is 11.5 Å². The summed E-state index contributed by atoms with van der Waals surface area (Å²) in [5.41, 5.74) is 2.37. The molecule has 0 saturated heterocycles. The first-order chi connectivity index (χ1) is 14.5. The van der Waals surface area contributed by atoms with Crippen molar-refractivity contribution in [2.45, 2.75) is 19.6 Å². The molecule has 1 atom stereocenters. The average molecular weight is 426 g/mol. The lowest BCUT2D eigenvalue weighted by Gasteiger charge is -2.17. The van der Waals surface area contributed by atoms with Gasteiger partial charge in [-0.3, -0.25) is 4.79 Å². The summed E-state index contributed by atoms with van der Waals surface area (Å²) in [7, 11) is 3.17. The van der Waals surface area contributed by atoms with Gasteiger partial charge in [0.1, 0.15) is 12.4 Å². The summed E-state index contributed by atoms with van der Waals surface area (Å²) in [5.74, 6) is 1.76. The highest BCUT2D eigenvalue weighted by Crippen LogP contribution is 2.30. The maximum Gasteiger partial charge on any atom is 0.251 e. The molecule has 0 aliphatic heterocycles. The van der Waals surface area contributed by atoms with Crippen molar-refractivity contribution in [3.05, 3.63) is 88.4 Å². The molecule has 5 nitrogen and oxygen atoms in total. The third-order valence-electron chi connectivity index (χ3n) is 4.72. The number of amides is 1. The average Bonchev–Trinajstić information content (AvgIpc) is 2.78. The van der Waals surface area contributed by atoms with Crippen LogP contribution in [0.5, 0.6) is 17.2 Å². The molecule has 0 aliphatic rings. The molecular formula is C24H24ClNO4. The lowest BCUT2D eigenvalue weighted by atomic mass is 10.1. The van der Waals surface area contributed by atoms with Gasteiger partial charge in [-0.15, -0.1) is 0 Å². The molecule has 0 bridgehead atoms. The lowest BCUT2D eigenvalue weighted by Crippen LogP contribution is -2.26. The molecule has 1 amide bonds. The van der Waals surface area contributed by atoms with E-state index < -0.39 is 0 Å². The lowest BCUT2D eigenvalue weighted by molar-refractivity contribution is 0.0939. The Hall–Kier alpha value is -3.18. The van der Waals surface area contributed by atoms with E-state index in [1.807, 2.05) is 49.4 Å². The monoisotopic (exact) mass is 425 g/mol. The van der Waals surface area contributed by atoms with Crippen LogP contribution in [0.15, 0.2) is 66.7 Å². The minimum Gasteiger partial charge on any atom is -0.493 e. The Morgan fingerprint density at radius 1 is 0.967 bits per heavy atom. The number of halogens is 1. The minimum absolute atomic E-state index is 0.171. The first kappa shape index (κ1) is 21.5. The summed E-state index contributed by atoms with van der Waals surface area (Å²) >= 11 is 6.14. The summed E-state index contributed by atoms with van der Waals surface area (Å²) in [4.78, 5) is 12.6. The van der Waals surface area contributed by atoms with Crippen molar-refractivity contribution in [1.82, 2.24) is 5.32 Å². The Morgan fingerprint density at radius 2 is 1.67 bits per heavy atom. The largest absolute Gasteiger partial charge is 0.493 e. The van der Waals surface area contributed by atoms with Gasteiger partial charge in [0.25, 0.3) is 5.91 Å². The second-order valence-corrected chi connectivity index (χ2v) is 7.12. The fourth-order valence-corrected chi connectivity index (χ4v) is 3.15. The number of benzene rings is 3. The number of hydrogen-bond donors (Lipinski definition) is 1. The third kappa shape index (κ3) is 5.24. The zero-order chi connectivity index (χ0) is 21.5. The number of carbonyl (C=O) groups excluding carboxylic acids is 1. The van der Waals surface area contributed by atoms with Crippen LogP contribution in [0.25, 0.3) is 0 Å². The molecule has 3 aromatic carbocycles. The van der Waals surface area contributed by atoms with Crippen molar-refractivity contribution >= 4 is 17.5 Å². The quantitative estimate of drug-likeness (QED) is 0.523. The molecule has 0 fully saturated rings. The molecule has 3 aromatic rings. The Kier molecular flexibility index (Phi) is 7.20. The Balaban J connectivity index is 1.61. The molecule has 0 heterocycles. The van der Waals surface area contributed by atoms with Gasteiger partial charge in [0, 0.05) is 16.1 Å². The standard InChI is InChI=1S/C24H24ClNO4/c1-16(18-10-13-22(28-2)23(14-18)29-3)26-24(27)17-8-11-20(12-9-17)30-15-19-6-4-5-7-21(19)25/h4-14,16H,15H2,1-3H3,(H,26,27). The zero-order valence-electron chi connectivity index (χ0n) is 17.1. The van der Waals surface area contributed by atoms with Gasteiger partial charge in [-0.05, 0) is 55.0 Å². The van der Waals surface area contributed by atoms with Crippen molar-refractivity contribution in [1.29, 1.82) is 0 Å². The Bertz CT molecular complexity index is 1000. The van der Waals surface area contributed by atoms with Gasteiger partial charge >= 0.3 is 0 Å². The van der Waals surface area contributed by atoms with E-state index in [0.29, 0.717) is 34.4 Å². The minimum atomic E-state index is -0.201. The van der Waals surface area contributed by atoms with Crippen molar-refractivity contribution in [2.75, 3.05) is 14.2 Å². The van der Waals surface area contributed by atoms with Crippen LogP contribution in [0.3, 0.4) is 0 Å². The molecule has 0 radical (unpaired) electrons. The Morgan fingerprint density at radius 3 is 2.33 bits per heavy atom. The van der Waals surface area contributed by atoms with Crippen LogP contribution >= 0.6 is 11.6 Å². The maximum absolute atomic E-state index is 12.6. The molecule has 1 unspecified atom stereocenters. The number of ether oxygens (including phenoxy) is 3. The van der Waals surface area contributed by atoms with Crippen molar-refractivity contribution in [2.24, 2.45) is 0 Å². The van der Waals surface area contributed by atoms with Crippen LogP contribution in [-0.2, 0) is 6.61 Å². The van der Waals surface area contributed by atoms with Gasteiger partial charge in [0.2, 0.25) is 0 Å². The van der Waals surface area contributed by atoms with E-state index in [1.165, 1.54) is 0 Å². The van der Waals surface area contributed by atoms with E-state index in [4.69, 9.17) is 25.8 Å². The van der Waals surface area contributed by atoms with Gasteiger partial charge in [-0.2, -0.15) is 0 Å². The summed E-state index contributed by atoms with van der Waals surface area (Å²) in [5, 5.41) is 3.66. The number of carbonyl (C=O) groups is 1. The van der Waals surface area contributed by atoms with Gasteiger partial charge in [-0.1, -0.05) is 35.9 Å². The summed E-state index contributed by atoms with van der Waals surface area (Å²) in [6, 6.07) is 19.9. The van der Waals surface area contributed by atoms with Crippen LogP contribution in [0.4, 0.5) is 0 Å². The molecule has 0 spiro atoms. The predicted molar refractivity (Wildman–Crippen MR) is 118 cm³/mol. The molecule has 0 aromatic heterocycles. The fraction of sp³-hybridized carbons (Fsp3) is 0.208. The van der Waals surface area contributed by atoms with Gasteiger partial charge < -0.3 is 19.5 Å². The molecule has 0 aliphatic carbocycles. The smallest absolute Gasteiger partial charge is 0.251 e. The van der Waals surface area contributed by atoms with Gasteiger partial charge in [0.05, 0.1) is 20.3 Å². The SMILES string of the molecule is COc1ccc(C(C)NC(=O)c2ccc(OCc3ccccc3Cl)cc2)cc1OC. The zero-order valence-corrected chi connectivity index (χ0v) is 17.9. The van der Waals surface area contributed by atoms with Crippen LogP contribution in [0.2, 0.25) is 5.02 Å². The first-order valence-corrected chi connectivity index (χ1v) is 9.88. The summed E-state index contributed by atoms with van der Waals surface area (Å²) < 4.78 is 16.4. The van der Waals surface area contributed by atoms with E-state index >= 15 is 0 Å². The molecule has 0 saturated carbocycles. The predicted octanol–water partition coefficient (Wildman–Crippen LogP) is 5.43. The van der Waals surface area contributed by atoms with Crippen molar-refractivity contribution in [3.8, 4) is 17.2 Å². The van der Waals surface area contributed by atoms with E-state index in [2.05, 4.69) is 5.32 Å². The topological polar surface area (TPSA) is 56.8 Å². The molecule has 156 valence electrons. The summed E-state index contributed by atoms with van der Waals surface area (Å²) in [6.45, 7) is 2.28. The molecule has 6 heteroatoms. The highest BCUT2D eigenvalue weighted by atomic mass is 35.5. The van der Waals surface area contributed by atoms with Crippen LogP contribution in [-0.4, -0.2) is 20.1 Å². The fourth-order valence-electron chi connectivity index (χ4n) is 2.96. The van der Waals surface area contributed by atoms with E-state index in [0.717, 1.165) is 11.1 Å². The second kappa shape index (κ2) is 10.0. The molecule has 30 heavy (non-hydrogen) atoms. The van der Waals surface area contributed by atoms with Crippen LogP contribution in [0, 0.1) is 0 Å². The van der Waals surface area contributed by atoms with Crippen molar-refractivity contribution in [3.63, 3.8) is 0 Å². The second-order valence-electron chi connectivity index (χ2n) is 6.71. The van der Waals surface area contributed by atoms with Crippen LogP contribution in [0.1, 0.15) is 34.5 Å². The molecule has 1 N–H and O–H groups in total. The number of hydrogen-bond acceptors (Lipinski definition) is 4. The highest BCUT2D eigenvalue weighted by Gasteiger charge is 2.14. The third-order valence-corrected chi connectivity index (χ3v) is 5.09. The van der Waals surface area contributed by atoms with E-state index in [9.17, 15) is 4.79 Å². The highest BCUT2D eigenvalue weighted by molar-refractivity contribution is 6.31. The molecule has 3 rings (SSSR count). The number of rotatable bonds is 8. The Labute approximate surface area is 181 Å². The first-order valence-electron chi connectivity index (χ1n) is 9.51. The van der Waals surface area contributed by atoms with Crippen molar-refractivity contribution < 1.29 is 19.0 Å². The molecular weight excluding hydrogens is 402 g/mol. The number of nitrogens with one attached hydrogen (secondary N) is 1. The van der Waals surface area contributed by atoms with Gasteiger partial charge in [-0.25, -0.2) is 0 Å². The van der Waals surface area contributed by atoms with E-state index in [1.54, 1.807) is 38.5 Å².